The van der Waals surface area contributed by atoms with E-state index < -0.39 is 0 Å². The third-order valence-electron chi connectivity index (χ3n) is 3.84. The summed E-state index contributed by atoms with van der Waals surface area (Å²) >= 11 is 1.92. The maximum atomic E-state index is 5.77. The smallest absolute Gasteiger partial charge is 0.174 e. The SMILES string of the molecule is c1ccc2c(c1)Sc1ccccc1[S+]2C1CCCOC1. The van der Waals surface area contributed by atoms with Crippen molar-refractivity contribution in [3.63, 3.8) is 0 Å². The van der Waals surface area contributed by atoms with Gasteiger partial charge in [-0.3, -0.25) is 0 Å². The molecule has 0 radical (unpaired) electrons. The van der Waals surface area contributed by atoms with Gasteiger partial charge in [0.2, 0.25) is 0 Å². The van der Waals surface area contributed by atoms with E-state index in [1.807, 2.05) is 11.8 Å². The van der Waals surface area contributed by atoms with Crippen molar-refractivity contribution in [2.45, 2.75) is 37.7 Å². The first kappa shape index (κ1) is 12.8. The number of hydrogen-bond acceptors (Lipinski definition) is 2. The van der Waals surface area contributed by atoms with E-state index in [2.05, 4.69) is 48.5 Å². The highest BCUT2D eigenvalue weighted by atomic mass is 32.2. The Labute approximate surface area is 127 Å². The molecule has 1 atom stereocenters. The van der Waals surface area contributed by atoms with Gasteiger partial charge < -0.3 is 4.74 Å². The Balaban J connectivity index is 1.83. The van der Waals surface area contributed by atoms with Crippen LogP contribution in [0.2, 0.25) is 0 Å². The summed E-state index contributed by atoms with van der Waals surface area (Å²) in [5.41, 5.74) is 0. The molecule has 2 heterocycles. The molecule has 0 bridgehead atoms. The van der Waals surface area contributed by atoms with Crippen LogP contribution in [-0.4, -0.2) is 18.5 Å². The summed E-state index contributed by atoms with van der Waals surface area (Å²) < 4.78 is 5.77. The van der Waals surface area contributed by atoms with Crippen LogP contribution in [0.5, 0.6) is 0 Å². The molecule has 0 aliphatic carbocycles. The van der Waals surface area contributed by atoms with E-state index in [0.29, 0.717) is 5.25 Å². The molecule has 4 rings (SSSR count). The summed E-state index contributed by atoms with van der Waals surface area (Å²) in [4.78, 5) is 5.90. The molecular formula is C17H17OS2+. The van der Waals surface area contributed by atoms with E-state index in [1.165, 1.54) is 32.4 Å². The molecule has 2 aromatic rings. The van der Waals surface area contributed by atoms with Crippen LogP contribution in [0.1, 0.15) is 12.8 Å². The van der Waals surface area contributed by atoms with Gasteiger partial charge in [0.25, 0.3) is 0 Å². The van der Waals surface area contributed by atoms with Crippen LogP contribution in [0.3, 0.4) is 0 Å². The van der Waals surface area contributed by atoms with Crippen molar-refractivity contribution in [3.8, 4) is 0 Å². The number of fused-ring (bicyclic) bond motifs is 2. The highest BCUT2D eigenvalue weighted by Crippen LogP contribution is 2.47. The van der Waals surface area contributed by atoms with E-state index in [-0.39, 0.29) is 10.9 Å². The lowest BCUT2D eigenvalue weighted by molar-refractivity contribution is 0.101. The average Bonchev–Trinajstić information content (AvgIpc) is 2.53. The summed E-state index contributed by atoms with van der Waals surface area (Å²) in [5, 5.41) is 0.645. The summed E-state index contributed by atoms with van der Waals surface area (Å²) in [6, 6.07) is 17.8. The fourth-order valence-corrected chi connectivity index (χ4v) is 7.19. The summed E-state index contributed by atoms with van der Waals surface area (Å²) in [6.45, 7) is 1.85. The minimum absolute atomic E-state index is 0.173. The predicted octanol–water partition coefficient (Wildman–Crippen LogP) is 4.37. The maximum absolute atomic E-state index is 5.77. The lowest BCUT2D eigenvalue weighted by Gasteiger charge is -2.27. The fourth-order valence-electron chi connectivity index (χ4n) is 2.93. The van der Waals surface area contributed by atoms with Crippen LogP contribution in [0, 0.1) is 0 Å². The van der Waals surface area contributed by atoms with E-state index in [0.717, 1.165) is 13.2 Å². The number of ether oxygens (including phenoxy) is 1. The van der Waals surface area contributed by atoms with Crippen molar-refractivity contribution < 1.29 is 4.74 Å². The Hall–Kier alpha value is -0.900. The van der Waals surface area contributed by atoms with Gasteiger partial charge in [0.05, 0.1) is 27.3 Å². The standard InChI is InChI=1S/C17H17OS2/c1-3-9-16-14(7-1)19-15-8-2-4-10-17(15)20(16)13-6-5-11-18-12-13/h1-4,7-10,13H,5-6,11-12H2/q+1. The van der Waals surface area contributed by atoms with Crippen molar-refractivity contribution in [1.82, 2.24) is 0 Å². The largest absolute Gasteiger partial charge is 0.376 e. The Kier molecular flexibility index (Phi) is 3.51. The van der Waals surface area contributed by atoms with E-state index in [4.69, 9.17) is 4.74 Å². The van der Waals surface area contributed by atoms with Crippen LogP contribution < -0.4 is 0 Å². The number of hydrogen-bond donors (Lipinski definition) is 0. The Morgan fingerprint density at radius 1 is 0.950 bits per heavy atom. The molecule has 0 amide bonds. The predicted molar refractivity (Wildman–Crippen MR) is 84.7 cm³/mol. The van der Waals surface area contributed by atoms with Gasteiger partial charge in [-0.1, -0.05) is 36.0 Å². The van der Waals surface area contributed by atoms with Crippen molar-refractivity contribution in [2.24, 2.45) is 0 Å². The van der Waals surface area contributed by atoms with Gasteiger partial charge in [-0.05, 0) is 30.7 Å². The molecule has 0 spiro atoms. The van der Waals surface area contributed by atoms with Crippen molar-refractivity contribution >= 4 is 22.7 Å². The Morgan fingerprint density at radius 3 is 2.20 bits per heavy atom. The molecule has 1 unspecified atom stereocenters. The van der Waals surface area contributed by atoms with Gasteiger partial charge >= 0.3 is 0 Å². The molecule has 102 valence electrons. The number of rotatable bonds is 1. The van der Waals surface area contributed by atoms with E-state index in [1.54, 1.807) is 0 Å². The van der Waals surface area contributed by atoms with Crippen LogP contribution >= 0.6 is 11.8 Å². The second-order valence-corrected chi connectivity index (χ2v) is 8.48. The van der Waals surface area contributed by atoms with Gasteiger partial charge in [0.1, 0.15) is 0 Å². The second-order valence-electron chi connectivity index (χ2n) is 5.17. The number of benzene rings is 2. The van der Waals surface area contributed by atoms with Crippen molar-refractivity contribution in [2.75, 3.05) is 13.2 Å². The van der Waals surface area contributed by atoms with Crippen molar-refractivity contribution in [3.05, 3.63) is 48.5 Å². The van der Waals surface area contributed by atoms with Crippen LogP contribution in [0.4, 0.5) is 0 Å². The first-order valence-electron chi connectivity index (χ1n) is 7.10. The molecular weight excluding hydrogens is 284 g/mol. The zero-order chi connectivity index (χ0) is 13.4. The lowest BCUT2D eigenvalue weighted by Crippen LogP contribution is -2.32. The quantitative estimate of drug-likeness (QED) is 0.724. The molecule has 0 N–H and O–H groups in total. The molecule has 1 nitrogen and oxygen atoms in total. The lowest BCUT2D eigenvalue weighted by atomic mass is 10.2. The monoisotopic (exact) mass is 301 g/mol. The minimum atomic E-state index is 0.173. The first-order chi connectivity index (χ1) is 9.93. The third-order valence-corrected chi connectivity index (χ3v) is 7.95. The highest BCUT2D eigenvalue weighted by Gasteiger charge is 2.42. The molecule has 0 saturated carbocycles. The molecule has 1 saturated heterocycles. The van der Waals surface area contributed by atoms with Gasteiger partial charge in [0, 0.05) is 13.0 Å². The molecule has 2 aliphatic heterocycles. The first-order valence-corrected chi connectivity index (χ1v) is 9.21. The topological polar surface area (TPSA) is 9.23 Å². The maximum Gasteiger partial charge on any atom is 0.174 e. The van der Waals surface area contributed by atoms with Gasteiger partial charge in [-0.25, -0.2) is 0 Å². The van der Waals surface area contributed by atoms with Crippen molar-refractivity contribution in [1.29, 1.82) is 0 Å². The highest BCUT2D eigenvalue weighted by molar-refractivity contribution is 8.04. The fraction of sp³-hybridized carbons (Fsp3) is 0.294. The summed E-state index contributed by atoms with van der Waals surface area (Å²) in [7, 11) is 0.173. The Bertz CT molecular complexity index is 574. The van der Waals surface area contributed by atoms with Crippen LogP contribution in [0.15, 0.2) is 68.1 Å². The molecule has 0 aromatic heterocycles. The summed E-state index contributed by atoms with van der Waals surface area (Å²) in [6.07, 6.45) is 2.49. The van der Waals surface area contributed by atoms with Gasteiger partial charge in [-0.15, -0.1) is 0 Å². The van der Waals surface area contributed by atoms with E-state index in [9.17, 15) is 0 Å². The second kappa shape index (κ2) is 5.47. The Morgan fingerprint density at radius 2 is 1.60 bits per heavy atom. The summed E-state index contributed by atoms with van der Waals surface area (Å²) in [5.74, 6) is 0. The molecule has 2 aromatic carbocycles. The zero-order valence-electron chi connectivity index (χ0n) is 11.2. The van der Waals surface area contributed by atoms with Crippen LogP contribution in [0.25, 0.3) is 0 Å². The molecule has 3 heteroatoms. The molecule has 2 aliphatic rings. The van der Waals surface area contributed by atoms with E-state index >= 15 is 0 Å². The molecule has 1 fully saturated rings. The van der Waals surface area contributed by atoms with Gasteiger partial charge in [-0.2, -0.15) is 0 Å². The average molecular weight is 301 g/mol. The minimum Gasteiger partial charge on any atom is -0.376 e. The van der Waals surface area contributed by atoms with Gasteiger partial charge in [0.15, 0.2) is 15.0 Å². The third kappa shape index (κ3) is 2.18. The molecule has 20 heavy (non-hydrogen) atoms. The van der Waals surface area contributed by atoms with Crippen LogP contribution in [-0.2, 0) is 15.6 Å². The zero-order valence-corrected chi connectivity index (χ0v) is 12.9. The normalized spacial score (nSPS) is 22.1.